The minimum Gasteiger partial charge on any atom is -1.00 e. The predicted octanol–water partition coefficient (Wildman–Crippen LogP) is -4.74. The summed E-state index contributed by atoms with van der Waals surface area (Å²) in [5.41, 5.74) is 0. The Bertz CT molecular complexity index is 292. The molecule has 3 rings (SSSR count). The Hall–Kier alpha value is 1.30. The largest absolute Gasteiger partial charge is 1.00 e. The Morgan fingerprint density at radius 2 is 0.864 bits per heavy atom. The van der Waals surface area contributed by atoms with Crippen LogP contribution in [-0.2, 0) is 9.47 Å². The van der Waals surface area contributed by atoms with E-state index >= 15 is 0 Å². The molecule has 0 N–H and O–H groups in total. The van der Waals surface area contributed by atoms with Crippen molar-refractivity contribution in [1.29, 1.82) is 0 Å². The van der Waals surface area contributed by atoms with Crippen molar-refractivity contribution >= 4 is 0 Å². The highest BCUT2D eigenvalue weighted by molar-refractivity contribution is 4.76. The second kappa shape index (κ2) is 9.12. The van der Waals surface area contributed by atoms with E-state index < -0.39 is 0 Å². The molecule has 6 heteroatoms. The highest BCUT2D eigenvalue weighted by atomic mass is 127. The van der Waals surface area contributed by atoms with Crippen LogP contribution >= 0.6 is 0 Å². The van der Waals surface area contributed by atoms with Gasteiger partial charge in [0.25, 0.3) is 0 Å². The molecule has 3 aliphatic rings. The van der Waals surface area contributed by atoms with Gasteiger partial charge in [-0.2, -0.15) is 0 Å². The van der Waals surface area contributed by atoms with Gasteiger partial charge >= 0.3 is 0 Å². The normalized spacial score (nSPS) is 34.1. The van der Waals surface area contributed by atoms with Gasteiger partial charge in [0.15, 0.2) is 0 Å². The fraction of sp³-hybridized carbons (Fsp3) is 1.00. The van der Waals surface area contributed by atoms with Crippen molar-refractivity contribution < 1.29 is 66.4 Å². The maximum atomic E-state index is 5.56. The van der Waals surface area contributed by atoms with Gasteiger partial charge in [-0.05, 0) is 0 Å². The van der Waals surface area contributed by atoms with Crippen LogP contribution in [0.2, 0.25) is 0 Å². The Balaban J connectivity index is 0.00000121. The summed E-state index contributed by atoms with van der Waals surface area (Å²) in [5, 5.41) is 0. The molecular formula is C16H32I2N2O2. The molecule has 0 atom stereocenters. The lowest BCUT2D eigenvalue weighted by Gasteiger charge is -2.50. The van der Waals surface area contributed by atoms with Gasteiger partial charge in [-0.15, -0.1) is 0 Å². The maximum absolute atomic E-state index is 5.56. The Labute approximate surface area is 170 Å². The number of likely N-dealkylation sites (N-methyl/N-ethyl adjacent to an activating group) is 2. The molecule has 2 heterocycles. The highest BCUT2D eigenvalue weighted by Crippen LogP contribution is 2.33. The number of nitrogens with zero attached hydrogens (tertiary/aromatic N) is 2. The summed E-state index contributed by atoms with van der Waals surface area (Å²) >= 11 is 0. The average Bonchev–Trinajstić information content (AvgIpc) is 2.49. The first-order valence-corrected chi connectivity index (χ1v) is 8.46. The monoisotopic (exact) mass is 538 g/mol. The predicted molar refractivity (Wildman–Crippen MR) is 79.5 cm³/mol. The van der Waals surface area contributed by atoms with Gasteiger partial charge in [-0.1, -0.05) is 0 Å². The summed E-state index contributed by atoms with van der Waals surface area (Å²) in [6.07, 6.45) is 5.65. The number of rotatable bonds is 2. The molecule has 0 aromatic rings. The number of quaternary nitrogens is 2. The molecular weight excluding hydrogens is 506 g/mol. The molecule has 0 radical (unpaired) electrons. The van der Waals surface area contributed by atoms with Crippen LogP contribution in [0.3, 0.4) is 0 Å². The zero-order valence-corrected chi connectivity index (χ0v) is 18.4. The quantitative estimate of drug-likeness (QED) is 0.260. The number of morpholine rings is 2. The fourth-order valence-corrected chi connectivity index (χ4v) is 4.56. The third kappa shape index (κ3) is 4.68. The minimum absolute atomic E-state index is 0. The standard InChI is InChI=1S/C16H32N2O2.2HI/c1-17(7-11-19-12-8-17)15-3-5-16(6-4-15)18(2)9-13-20-14-10-18;;/h15-16H,3-14H2,1-2H3;2*1H/q+2;;/p-2. The summed E-state index contributed by atoms with van der Waals surface area (Å²) in [6.45, 7) is 8.71. The van der Waals surface area contributed by atoms with Crippen LogP contribution in [0, 0.1) is 0 Å². The lowest BCUT2D eigenvalue weighted by Crippen LogP contribution is -3.00. The van der Waals surface area contributed by atoms with Crippen LogP contribution in [0.5, 0.6) is 0 Å². The van der Waals surface area contributed by atoms with Crippen molar-refractivity contribution in [2.45, 2.75) is 37.8 Å². The molecule has 0 spiro atoms. The van der Waals surface area contributed by atoms with Crippen molar-refractivity contribution in [3.05, 3.63) is 0 Å². The van der Waals surface area contributed by atoms with Gasteiger partial charge in [0.05, 0.1) is 52.6 Å². The minimum atomic E-state index is 0. The average molecular weight is 538 g/mol. The fourth-order valence-electron chi connectivity index (χ4n) is 4.56. The first-order valence-electron chi connectivity index (χ1n) is 8.46. The van der Waals surface area contributed by atoms with Gasteiger partial charge in [0, 0.05) is 25.7 Å². The molecule has 1 saturated carbocycles. The summed E-state index contributed by atoms with van der Waals surface area (Å²) in [6, 6.07) is 1.76. The second-order valence-corrected chi connectivity index (χ2v) is 7.54. The van der Waals surface area contributed by atoms with Crippen LogP contribution in [0.1, 0.15) is 25.7 Å². The van der Waals surface area contributed by atoms with E-state index in [-0.39, 0.29) is 48.0 Å². The first-order chi connectivity index (χ1) is 9.62. The Kier molecular flexibility index (Phi) is 8.85. The van der Waals surface area contributed by atoms with Crippen LogP contribution in [0.25, 0.3) is 0 Å². The number of hydrogen-bond acceptors (Lipinski definition) is 2. The first kappa shape index (κ1) is 21.3. The molecule has 4 nitrogen and oxygen atoms in total. The molecule has 2 saturated heterocycles. The van der Waals surface area contributed by atoms with Crippen LogP contribution < -0.4 is 48.0 Å². The summed E-state index contributed by atoms with van der Waals surface area (Å²) < 4.78 is 13.6. The van der Waals surface area contributed by atoms with E-state index in [4.69, 9.17) is 9.47 Å². The summed E-state index contributed by atoms with van der Waals surface area (Å²) in [4.78, 5) is 0. The van der Waals surface area contributed by atoms with Crippen LogP contribution in [0.4, 0.5) is 0 Å². The Morgan fingerprint density at radius 3 is 1.14 bits per heavy atom. The van der Waals surface area contributed by atoms with E-state index in [9.17, 15) is 0 Å². The smallest absolute Gasteiger partial charge is 0.102 e. The van der Waals surface area contributed by atoms with Crippen LogP contribution in [-0.4, -0.2) is 87.8 Å². The molecule has 0 aromatic carbocycles. The van der Waals surface area contributed by atoms with Gasteiger partial charge in [-0.25, -0.2) is 0 Å². The maximum Gasteiger partial charge on any atom is 0.102 e. The zero-order chi connectivity index (χ0) is 14.1. The van der Waals surface area contributed by atoms with Crippen molar-refractivity contribution in [2.75, 3.05) is 66.7 Å². The molecule has 0 unspecified atom stereocenters. The van der Waals surface area contributed by atoms with Gasteiger partial charge in [0.2, 0.25) is 0 Å². The number of halogens is 2. The lowest BCUT2D eigenvalue weighted by molar-refractivity contribution is -0.955. The molecule has 22 heavy (non-hydrogen) atoms. The summed E-state index contributed by atoms with van der Waals surface area (Å²) in [7, 11) is 4.91. The van der Waals surface area contributed by atoms with Crippen LogP contribution in [0.15, 0.2) is 0 Å². The SMILES string of the molecule is C[N+]1(C2CCC([N+]3(C)CCOCC3)CC2)CCOCC1.[I-].[I-]. The third-order valence-corrected chi connectivity index (χ3v) is 6.42. The molecule has 0 bridgehead atoms. The van der Waals surface area contributed by atoms with E-state index in [2.05, 4.69) is 14.1 Å². The van der Waals surface area contributed by atoms with Crippen molar-refractivity contribution in [3.8, 4) is 0 Å². The number of hydrogen-bond donors (Lipinski definition) is 0. The third-order valence-electron chi connectivity index (χ3n) is 6.42. The zero-order valence-electron chi connectivity index (χ0n) is 14.1. The van der Waals surface area contributed by atoms with Crippen molar-refractivity contribution in [3.63, 3.8) is 0 Å². The molecule has 1 aliphatic carbocycles. The topological polar surface area (TPSA) is 18.5 Å². The number of ether oxygens (including phenoxy) is 2. The van der Waals surface area contributed by atoms with Gasteiger partial charge in [-0.3, -0.25) is 0 Å². The van der Waals surface area contributed by atoms with Crippen molar-refractivity contribution in [2.24, 2.45) is 0 Å². The van der Waals surface area contributed by atoms with E-state index in [0.717, 1.165) is 38.5 Å². The molecule has 0 amide bonds. The van der Waals surface area contributed by atoms with E-state index in [1.165, 1.54) is 60.8 Å². The Morgan fingerprint density at radius 1 is 0.591 bits per heavy atom. The van der Waals surface area contributed by atoms with Crippen molar-refractivity contribution in [1.82, 2.24) is 0 Å². The lowest BCUT2D eigenvalue weighted by atomic mass is 9.86. The molecule has 0 aromatic heterocycles. The van der Waals surface area contributed by atoms with E-state index in [1.807, 2.05) is 0 Å². The second-order valence-electron chi connectivity index (χ2n) is 7.54. The highest BCUT2D eigenvalue weighted by Gasteiger charge is 2.42. The summed E-state index contributed by atoms with van der Waals surface area (Å²) in [5.74, 6) is 0. The van der Waals surface area contributed by atoms with E-state index in [1.54, 1.807) is 0 Å². The molecule has 132 valence electrons. The van der Waals surface area contributed by atoms with Gasteiger partial charge in [0.1, 0.15) is 26.2 Å². The van der Waals surface area contributed by atoms with E-state index in [0.29, 0.717) is 0 Å². The molecule has 3 fully saturated rings. The molecule has 2 aliphatic heterocycles. The van der Waals surface area contributed by atoms with Gasteiger partial charge < -0.3 is 66.4 Å².